The van der Waals surface area contributed by atoms with Gasteiger partial charge in [0.05, 0.1) is 46.6 Å². The molecule has 0 fully saturated rings. The highest BCUT2D eigenvalue weighted by atomic mass is 35.5. The summed E-state index contributed by atoms with van der Waals surface area (Å²) in [6.45, 7) is 3.11. The van der Waals surface area contributed by atoms with Crippen LogP contribution in [-0.4, -0.2) is 72.0 Å². The van der Waals surface area contributed by atoms with Crippen LogP contribution in [0.3, 0.4) is 0 Å². The van der Waals surface area contributed by atoms with E-state index in [0.29, 0.717) is 27.5 Å². The molecule has 0 aliphatic heterocycles. The number of hydrogen-bond acceptors (Lipinski definition) is 11. The first-order valence-corrected chi connectivity index (χ1v) is 16.6. The molecule has 16 nitrogen and oxygen atoms in total. The first-order valence-electron chi connectivity index (χ1n) is 16.2. The molecule has 0 radical (unpaired) electrons. The number of nitrogens with zero attached hydrogens (tertiary/aromatic N) is 5. The Bertz CT molecular complexity index is 1890. The molecule has 1 heterocycles. The Morgan fingerprint density at radius 3 is 2.31 bits per heavy atom. The molecule has 0 spiro atoms. The van der Waals surface area contributed by atoms with Crippen LogP contribution in [0.2, 0.25) is 5.02 Å². The van der Waals surface area contributed by atoms with Crippen LogP contribution in [0.4, 0.5) is 16.2 Å². The number of halogens is 1. The Labute approximate surface area is 303 Å². The molecule has 0 saturated carbocycles. The number of hydrogen-bond donors (Lipinski definition) is 3. The second-order valence-corrected chi connectivity index (χ2v) is 12.8. The van der Waals surface area contributed by atoms with Crippen LogP contribution in [0, 0.1) is 26.1 Å². The summed E-state index contributed by atoms with van der Waals surface area (Å²) < 4.78 is 6.78. The molecule has 52 heavy (non-hydrogen) atoms. The number of nitro benzene ring substituents is 2. The van der Waals surface area contributed by atoms with E-state index in [0.717, 1.165) is 12.1 Å². The Balaban J connectivity index is 1.75. The van der Waals surface area contributed by atoms with Gasteiger partial charge in [0.15, 0.2) is 0 Å². The molecule has 3 aromatic carbocycles. The maximum atomic E-state index is 14.2. The number of non-ortho nitro benzene ring substituents is 1. The van der Waals surface area contributed by atoms with Crippen molar-refractivity contribution < 1.29 is 34.1 Å². The molecule has 3 amide bonds. The van der Waals surface area contributed by atoms with Crippen LogP contribution < -0.4 is 11.1 Å². The number of nitrogens with two attached hydrogens (primary N) is 1. The van der Waals surface area contributed by atoms with Crippen molar-refractivity contribution in [1.82, 2.24) is 19.8 Å². The monoisotopic (exact) mass is 735 g/mol. The zero-order chi connectivity index (χ0) is 37.9. The summed E-state index contributed by atoms with van der Waals surface area (Å²) >= 11 is 6.01. The van der Waals surface area contributed by atoms with Crippen molar-refractivity contribution in [3.8, 4) is 5.69 Å². The fraction of sp³-hybridized carbons (Fsp3) is 0.314. The van der Waals surface area contributed by atoms with E-state index >= 15 is 0 Å². The van der Waals surface area contributed by atoms with E-state index in [2.05, 4.69) is 10.3 Å². The SMILES string of the molecule is CC(C)C[C@@H](CO)NC(=O)[C@H](Cc1cn(-c2ccc([N+](=O)[O-])cc2[N+](=O)[O-])cn1)N(C(=O)OCc1ccccc1)C(=O)[C@@H](N)Cc1ccc(Cl)cc1. The quantitative estimate of drug-likeness (QED) is 0.107. The zero-order valence-electron chi connectivity index (χ0n) is 28.3. The summed E-state index contributed by atoms with van der Waals surface area (Å²) in [4.78, 5) is 68.6. The normalized spacial score (nSPS) is 12.8. The Morgan fingerprint density at radius 1 is 1.00 bits per heavy atom. The lowest BCUT2D eigenvalue weighted by atomic mass is 10.0. The number of rotatable bonds is 16. The Kier molecular flexibility index (Phi) is 13.5. The van der Waals surface area contributed by atoms with Crippen LogP contribution in [0.25, 0.3) is 5.69 Å². The molecular formula is C35H38ClN7O9. The summed E-state index contributed by atoms with van der Waals surface area (Å²) in [5.74, 6) is -1.70. The van der Waals surface area contributed by atoms with Gasteiger partial charge in [-0.3, -0.25) is 34.4 Å². The van der Waals surface area contributed by atoms with Gasteiger partial charge < -0.3 is 20.9 Å². The number of aliphatic hydroxyl groups is 1. The zero-order valence-corrected chi connectivity index (χ0v) is 29.1. The van der Waals surface area contributed by atoms with E-state index in [1.54, 1.807) is 54.6 Å². The van der Waals surface area contributed by atoms with Crippen LogP contribution in [0.15, 0.2) is 85.3 Å². The second-order valence-electron chi connectivity index (χ2n) is 12.4. The molecule has 274 valence electrons. The summed E-state index contributed by atoms with van der Waals surface area (Å²) in [7, 11) is 0. The molecule has 1 aromatic heterocycles. The number of carbonyl (C=O) groups is 3. The van der Waals surface area contributed by atoms with Crippen molar-refractivity contribution >= 4 is 40.9 Å². The lowest BCUT2D eigenvalue weighted by Gasteiger charge is -2.31. The highest BCUT2D eigenvalue weighted by molar-refractivity contribution is 6.30. The van der Waals surface area contributed by atoms with E-state index in [-0.39, 0.29) is 30.3 Å². The Morgan fingerprint density at radius 2 is 1.69 bits per heavy atom. The number of imide groups is 1. The number of carbonyl (C=O) groups excluding carboxylic acids is 3. The van der Waals surface area contributed by atoms with Gasteiger partial charge in [0.1, 0.15) is 18.3 Å². The van der Waals surface area contributed by atoms with Gasteiger partial charge in [0.2, 0.25) is 11.8 Å². The third kappa shape index (κ3) is 10.4. The largest absolute Gasteiger partial charge is 0.444 e. The number of benzene rings is 3. The summed E-state index contributed by atoms with van der Waals surface area (Å²) in [5.41, 5.74) is 6.59. The van der Waals surface area contributed by atoms with Crippen molar-refractivity contribution in [3.63, 3.8) is 0 Å². The third-order valence-corrected chi connectivity index (χ3v) is 8.20. The number of amides is 3. The van der Waals surface area contributed by atoms with Crippen LogP contribution in [-0.2, 0) is 33.8 Å². The van der Waals surface area contributed by atoms with Crippen LogP contribution in [0.5, 0.6) is 0 Å². The first kappa shape index (κ1) is 39.1. The van der Waals surface area contributed by atoms with Crippen molar-refractivity contribution in [2.75, 3.05) is 6.61 Å². The molecule has 4 aromatic rings. The molecule has 4 N–H and O–H groups in total. The smallest absolute Gasteiger partial charge is 0.417 e. The average Bonchev–Trinajstić information content (AvgIpc) is 3.59. The van der Waals surface area contributed by atoms with E-state index < -0.39 is 70.3 Å². The molecule has 0 aliphatic rings. The van der Waals surface area contributed by atoms with Gasteiger partial charge in [-0.25, -0.2) is 14.7 Å². The average molecular weight is 736 g/mol. The number of imidazole rings is 1. The van der Waals surface area contributed by atoms with Gasteiger partial charge in [-0.05, 0) is 48.1 Å². The number of nitro groups is 2. The van der Waals surface area contributed by atoms with E-state index in [9.17, 15) is 39.7 Å². The van der Waals surface area contributed by atoms with E-state index in [4.69, 9.17) is 22.1 Å². The van der Waals surface area contributed by atoms with Gasteiger partial charge in [-0.15, -0.1) is 0 Å². The van der Waals surface area contributed by atoms with Crippen LogP contribution in [0.1, 0.15) is 37.1 Å². The van der Waals surface area contributed by atoms with E-state index in [1.165, 1.54) is 23.2 Å². The molecule has 17 heteroatoms. The van der Waals surface area contributed by atoms with Gasteiger partial charge in [0.25, 0.3) is 11.4 Å². The summed E-state index contributed by atoms with van der Waals surface area (Å²) in [6, 6.07) is 14.6. The predicted molar refractivity (Wildman–Crippen MR) is 189 cm³/mol. The fourth-order valence-corrected chi connectivity index (χ4v) is 5.56. The van der Waals surface area contributed by atoms with Crippen molar-refractivity contribution in [3.05, 3.63) is 127 Å². The fourth-order valence-electron chi connectivity index (χ4n) is 5.44. The minimum absolute atomic E-state index is 0.0299. The molecule has 0 aliphatic carbocycles. The molecule has 0 bridgehead atoms. The van der Waals surface area contributed by atoms with Gasteiger partial charge in [-0.2, -0.15) is 0 Å². The molecule has 4 rings (SSSR count). The predicted octanol–water partition coefficient (Wildman–Crippen LogP) is 4.51. The summed E-state index contributed by atoms with van der Waals surface area (Å²) in [6.07, 6.45) is 1.29. The standard InChI is InChI=1S/C35H38ClN7O9/c1-22(2)14-27(19-44)39-33(45)32(16-26-18-40(21-38-26)30-13-12-28(42(48)49)17-31(30)43(50)51)41(35(47)52-20-24-6-4-3-5-7-24)34(46)29(37)15-23-8-10-25(36)11-9-23/h3-13,17-18,21-22,27,29,32,44H,14-16,19-20,37H2,1-2H3,(H,39,45)/t27-,29-,32-/m0/s1. The number of ether oxygens (including phenoxy) is 1. The molecule has 0 saturated heterocycles. The van der Waals surface area contributed by atoms with E-state index in [1.807, 2.05) is 13.8 Å². The lowest BCUT2D eigenvalue weighted by molar-refractivity contribution is -0.394. The minimum atomic E-state index is -1.62. The number of nitrogens with one attached hydrogen (secondary N) is 1. The van der Waals surface area contributed by atoms with Crippen molar-refractivity contribution in [2.24, 2.45) is 11.7 Å². The highest BCUT2D eigenvalue weighted by Gasteiger charge is 2.40. The van der Waals surface area contributed by atoms with Crippen LogP contribution >= 0.6 is 11.6 Å². The topological polar surface area (TPSA) is 226 Å². The Hall–Kier alpha value is -5.71. The number of aliphatic hydroxyl groups excluding tert-OH is 1. The third-order valence-electron chi connectivity index (χ3n) is 7.95. The molecular weight excluding hydrogens is 698 g/mol. The summed E-state index contributed by atoms with van der Waals surface area (Å²) in [5, 5.41) is 36.3. The maximum Gasteiger partial charge on any atom is 0.417 e. The maximum absolute atomic E-state index is 14.2. The van der Waals surface area contributed by atoms with Crippen molar-refractivity contribution in [2.45, 2.75) is 57.8 Å². The van der Waals surface area contributed by atoms with Crippen molar-refractivity contribution in [1.29, 1.82) is 0 Å². The van der Waals surface area contributed by atoms with Gasteiger partial charge in [-0.1, -0.05) is 67.9 Å². The number of aromatic nitrogens is 2. The first-order chi connectivity index (χ1) is 24.8. The lowest BCUT2D eigenvalue weighted by Crippen LogP contribution is -2.59. The molecule has 3 atom stereocenters. The molecule has 0 unspecified atom stereocenters. The van der Waals surface area contributed by atoms with Gasteiger partial charge in [0, 0.05) is 23.7 Å². The van der Waals surface area contributed by atoms with Gasteiger partial charge >= 0.3 is 6.09 Å². The second kappa shape index (κ2) is 18.0. The highest BCUT2D eigenvalue weighted by Crippen LogP contribution is 2.28. The minimum Gasteiger partial charge on any atom is -0.444 e.